The fourth-order valence-electron chi connectivity index (χ4n) is 4.93. The number of amides is 1. The number of nitrogens with one attached hydrogen (secondary N) is 1. The van der Waals surface area contributed by atoms with E-state index in [1.807, 2.05) is 0 Å². The van der Waals surface area contributed by atoms with Crippen LogP contribution in [0.3, 0.4) is 0 Å². The van der Waals surface area contributed by atoms with Gasteiger partial charge in [-0.25, -0.2) is 21.6 Å². The SMILES string of the molecule is O=C(NS(=O)(=O)c1ccccc1)C1=C(Sc2ccc3c(c2)OCO3)c2ccccc2S(=O)(=O)N1Cc1ccc2c(c1)OCO2. The number of sulfonamides is 2. The Labute approximate surface area is 257 Å². The van der Waals surface area contributed by atoms with Crippen molar-refractivity contribution in [3.05, 3.63) is 108 Å². The molecular weight excluding hydrogens is 629 g/mol. The number of thioether (sulfide) groups is 1. The third-order valence-corrected chi connectivity index (χ3v) is 11.2. The number of nitrogens with zero attached hydrogens (tertiary/aromatic N) is 1. The average Bonchev–Trinajstić information content (AvgIpc) is 3.69. The fraction of sp³-hybridized carbons (Fsp3) is 0.100. The van der Waals surface area contributed by atoms with Crippen LogP contribution in [0, 0.1) is 0 Å². The molecule has 224 valence electrons. The van der Waals surface area contributed by atoms with Crippen LogP contribution in [-0.2, 0) is 31.4 Å². The molecule has 0 radical (unpaired) electrons. The molecule has 1 amide bonds. The summed E-state index contributed by atoms with van der Waals surface area (Å²) >= 11 is 1.10. The molecule has 14 heteroatoms. The summed E-state index contributed by atoms with van der Waals surface area (Å²) in [6.07, 6.45) is 0. The molecule has 0 unspecified atom stereocenters. The van der Waals surface area contributed by atoms with Gasteiger partial charge >= 0.3 is 0 Å². The lowest BCUT2D eigenvalue weighted by Crippen LogP contribution is -2.43. The molecular formula is C30H22N2O9S3. The smallest absolute Gasteiger partial charge is 0.283 e. The minimum Gasteiger partial charge on any atom is -0.454 e. The molecule has 0 aliphatic carbocycles. The van der Waals surface area contributed by atoms with Gasteiger partial charge in [-0.05, 0) is 54.1 Å². The maximum Gasteiger partial charge on any atom is 0.283 e. The van der Waals surface area contributed by atoms with E-state index in [0.29, 0.717) is 33.5 Å². The number of carbonyl (C=O) groups excluding carboxylic acids is 1. The molecule has 11 nitrogen and oxygen atoms in total. The maximum absolute atomic E-state index is 14.2. The predicted molar refractivity (Wildman–Crippen MR) is 159 cm³/mol. The van der Waals surface area contributed by atoms with Crippen LogP contribution < -0.4 is 23.7 Å². The maximum atomic E-state index is 14.2. The molecule has 0 atom stereocenters. The molecule has 0 saturated heterocycles. The fourth-order valence-corrected chi connectivity index (χ4v) is 8.83. The van der Waals surface area contributed by atoms with Gasteiger partial charge in [-0.3, -0.25) is 9.10 Å². The van der Waals surface area contributed by atoms with Crippen LogP contribution in [0.2, 0.25) is 0 Å². The van der Waals surface area contributed by atoms with Gasteiger partial charge in [0.25, 0.3) is 26.0 Å². The van der Waals surface area contributed by atoms with E-state index in [1.165, 1.54) is 30.3 Å². The zero-order valence-electron chi connectivity index (χ0n) is 22.6. The summed E-state index contributed by atoms with van der Waals surface area (Å²) in [5.41, 5.74) is 0.378. The number of hydrogen-bond donors (Lipinski definition) is 1. The summed E-state index contributed by atoms with van der Waals surface area (Å²) in [7, 11) is -8.72. The first-order valence-corrected chi connectivity index (χ1v) is 16.9. The van der Waals surface area contributed by atoms with Gasteiger partial charge in [0.1, 0.15) is 5.70 Å². The van der Waals surface area contributed by atoms with Crippen molar-refractivity contribution in [2.75, 3.05) is 13.6 Å². The zero-order valence-corrected chi connectivity index (χ0v) is 25.1. The van der Waals surface area contributed by atoms with E-state index in [-0.39, 0.29) is 46.1 Å². The van der Waals surface area contributed by atoms with Crippen LogP contribution in [-0.4, -0.2) is 40.6 Å². The molecule has 3 heterocycles. The van der Waals surface area contributed by atoms with Crippen molar-refractivity contribution in [1.29, 1.82) is 0 Å². The van der Waals surface area contributed by atoms with E-state index in [2.05, 4.69) is 4.72 Å². The van der Waals surface area contributed by atoms with E-state index in [0.717, 1.165) is 16.1 Å². The lowest BCUT2D eigenvalue weighted by Gasteiger charge is -2.33. The summed E-state index contributed by atoms with van der Waals surface area (Å²) in [6.45, 7) is -0.219. The van der Waals surface area contributed by atoms with Gasteiger partial charge in [-0.1, -0.05) is 54.2 Å². The normalized spacial score (nSPS) is 16.0. The molecule has 0 spiro atoms. The third kappa shape index (κ3) is 5.00. The Balaban J connectivity index is 1.39. The highest BCUT2D eigenvalue weighted by atomic mass is 32.2. The molecule has 7 rings (SSSR count). The number of ether oxygens (including phenoxy) is 4. The Morgan fingerprint density at radius 3 is 2.18 bits per heavy atom. The first-order valence-electron chi connectivity index (χ1n) is 13.2. The van der Waals surface area contributed by atoms with Gasteiger partial charge < -0.3 is 18.9 Å². The van der Waals surface area contributed by atoms with Crippen LogP contribution >= 0.6 is 11.8 Å². The number of carbonyl (C=O) groups is 1. The largest absolute Gasteiger partial charge is 0.454 e. The number of rotatable bonds is 7. The van der Waals surface area contributed by atoms with Gasteiger partial charge in [0.15, 0.2) is 23.0 Å². The predicted octanol–water partition coefficient (Wildman–Crippen LogP) is 4.31. The third-order valence-electron chi connectivity index (χ3n) is 6.99. The monoisotopic (exact) mass is 650 g/mol. The van der Waals surface area contributed by atoms with Crippen LogP contribution in [0.4, 0.5) is 0 Å². The number of fused-ring (bicyclic) bond motifs is 3. The first kappa shape index (κ1) is 28.1. The zero-order chi connectivity index (χ0) is 30.5. The van der Waals surface area contributed by atoms with Crippen LogP contribution in [0.25, 0.3) is 4.91 Å². The highest BCUT2D eigenvalue weighted by Gasteiger charge is 2.41. The van der Waals surface area contributed by atoms with E-state index >= 15 is 0 Å². The Kier molecular flexibility index (Phi) is 6.91. The molecule has 0 fully saturated rings. The second kappa shape index (κ2) is 10.8. The van der Waals surface area contributed by atoms with Crippen LogP contribution in [0.5, 0.6) is 23.0 Å². The van der Waals surface area contributed by atoms with Gasteiger partial charge in [0.05, 0.1) is 21.2 Å². The van der Waals surface area contributed by atoms with Crippen molar-refractivity contribution in [3.63, 3.8) is 0 Å². The lowest BCUT2D eigenvalue weighted by molar-refractivity contribution is -0.116. The molecule has 3 aliphatic heterocycles. The summed E-state index contributed by atoms with van der Waals surface area (Å²) in [4.78, 5) is 14.8. The summed E-state index contributed by atoms with van der Waals surface area (Å²) in [6, 6.07) is 23.7. The molecule has 4 aromatic carbocycles. The highest BCUT2D eigenvalue weighted by molar-refractivity contribution is 8.08. The molecule has 1 N–H and O–H groups in total. The van der Waals surface area contributed by atoms with Gasteiger partial charge in [-0.15, -0.1) is 0 Å². The average molecular weight is 651 g/mol. The molecule has 44 heavy (non-hydrogen) atoms. The molecule has 4 aromatic rings. The van der Waals surface area contributed by atoms with Crippen molar-refractivity contribution in [3.8, 4) is 23.0 Å². The molecule has 0 saturated carbocycles. The van der Waals surface area contributed by atoms with Crippen LogP contribution in [0.15, 0.2) is 111 Å². The van der Waals surface area contributed by atoms with E-state index in [1.54, 1.807) is 60.7 Å². The molecule has 0 aromatic heterocycles. The van der Waals surface area contributed by atoms with E-state index in [9.17, 15) is 21.6 Å². The Hall–Kier alpha value is -4.66. The minimum absolute atomic E-state index is 0.0232. The Morgan fingerprint density at radius 1 is 0.795 bits per heavy atom. The Bertz CT molecular complexity index is 2060. The van der Waals surface area contributed by atoms with Gasteiger partial charge in [0, 0.05) is 10.5 Å². The second-order valence-electron chi connectivity index (χ2n) is 9.74. The summed E-state index contributed by atoms with van der Waals surface area (Å²) in [5, 5.41) is 0. The van der Waals surface area contributed by atoms with E-state index < -0.39 is 26.0 Å². The molecule has 3 aliphatic rings. The standard InChI is InChI=1S/C30H22N2O9S3/c33-30(31-43(34,35)21-6-2-1-3-7-21)28-29(42-20-11-13-24-26(15-20)41-18-39-24)22-8-4-5-9-27(22)44(36,37)32(28)16-19-10-12-23-25(14-19)40-17-38-23/h1-15H,16-18H2,(H,31,33). The number of hydrogen-bond acceptors (Lipinski definition) is 10. The van der Waals surface area contributed by atoms with Crippen LogP contribution in [0.1, 0.15) is 11.1 Å². The molecule has 0 bridgehead atoms. The lowest BCUT2D eigenvalue weighted by atomic mass is 10.1. The van der Waals surface area contributed by atoms with Crippen molar-refractivity contribution in [1.82, 2.24) is 9.03 Å². The quantitative estimate of drug-likeness (QED) is 0.308. The topological polar surface area (TPSA) is 138 Å². The highest BCUT2D eigenvalue weighted by Crippen LogP contribution is 2.48. The Morgan fingerprint density at radius 2 is 1.43 bits per heavy atom. The minimum atomic E-state index is -4.37. The van der Waals surface area contributed by atoms with Crippen molar-refractivity contribution in [2.24, 2.45) is 0 Å². The summed E-state index contributed by atoms with van der Waals surface area (Å²) < 4.78 is 79.8. The van der Waals surface area contributed by atoms with Crippen molar-refractivity contribution in [2.45, 2.75) is 21.2 Å². The number of benzene rings is 4. The summed E-state index contributed by atoms with van der Waals surface area (Å²) in [5.74, 6) is 0.848. The first-order chi connectivity index (χ1) is 21.2. The van der Waals surface area contributed by atoms with Gasteiger partial charge in [-0.2, -0.15) is 0 Å². The van der Waals surface area contributed by atoms with Crippen molar-refractivity contribution < 1.29 is 40.6 Å². The van der Waals surface area contributed by atoms with Crippen molar-refractivity contribution >= 4 is 42.6 Å². The van der Waals surface area contributed by atoms with E-state index in [4.69, 9.17) is 18.9 Å². The second-order valence-corrected chi connectivity index (χ2v) is 14.3. The van der Waals surface area contributed by atoms with Gasteiger partial charge in [0.2, 0.25) is 13.6 Å².